The Balaban J connectivity index is 2.13. The monoisotopic (exact) mass is 296 g/mol. The van der Waals surface area contributed by atoms with Gasteiger partial charge in [-0.15, -0.1) is 0 Å². The molecule has 5 nitrogen and oxygen atoms in total. The molecule has 1 saturated heterocycles. The number of aromatic nitrogens is 1. The average molecular weight is 296 g/mol. The summed E-state index contributed by atoms with van der Waals surface area (Å²) in [5.41, 5.74) is 4.03. The molecular formula is C14H24N4OS. The molecule has 0 bridgehead atoms. The molecule has 3 N–H and O–H groups in total. The fourth-order valence-corrected chi connectivity index (χ4v) is 3.66. The van der Waals surface area contributed by atoms with Gasteiger partial charge in [-0.3, -0.25) is 21.2 Å². The molecule has 20 heavy (non-hydrogen) atoms. The van der Waals surface area contributed by atoms with Gasteiger partial charge in [-0.1, -0.05) is 6.92 Å². The first kappa shape index (κ1) is 15.6. The number of pyridine rings is 1. The van der Waals surface area contributed by atoms with Crippen molar-refractivity contribution in [1.29, 1.82) is 0 Å². The van der Waals surface area contributed by atoms with Gasteiger partial charge < -0.3 is 4.74 Å². The maximum absolute atomic E-state index is 5.79. The summed E-state index contributed by atoms with van der Waals surface area (Å²) in [4.78, 5) is 6.64. The maximum Gasteiger partial charge on any atom is 0.137 e. The maximum atomic E-state index is 5.79. The van der Waals surface area contributed by atoms with Crippen molar-refractivity contribution in [3.05, 3.63) is 24.0 Å². The van der Waals surface area contributed by atoms with E-state index in [0.29, 0.717) is 12.6 Å². The quantitative estimate of drug-likeness (QED) is 0.611. The lowest BCUT2D eigenvalue weighted by Gasteiger charge is -2.37. The molecule has 0 aromatic carbocycles. The molecule has 0 spiro atoms. The number of thioether (sulfide) groups is 1. The Kier molecular flexibility index (Phi) is 6.09. The van der Waals surface area contributed by atoms with Crippen LogP contribution in [0.3, 0.4) is 0 Å². The Labute approximate surface area is 125 Å². The SMILES string of the molecule is CCCOc1cncc(C(NN)C2CSCCN2C)c1. The van der Waals surface area contributed by atoms with Crippen molar-refractivity contribution in [1.82, 2.24) is 15.3 Å². The number of hydrazine groups is 1. The Morgan fingerprint density at radius 3 is 3.15 bits per heavy atom. The molecule has 1 aliphatic rings. The first-order valence-corrected chi connectivity index (χ1v) is 8.23. The number of nitrogens with zero attached hydrogens (tertiary/aromatic N) is 2. The standard InChI is InChI=1S/C14H24N4OS/c1-3-5-19-12-7-11(8-16-9-12)14(17-15)13-10-20-6-4-18(13)2/h7-9,13-14,17H,3-6,10,15H2,1-2H3. The van der Waals surface area contributed by atoms with Crippen molar-refractivity contribution in [2.45, 2.75) is 25.4 Å². The van der Waals surface area contributed by atoms with Crippen molar-refractivity contribution < 1.29 is 4.74 Å². The van der Waals surface area contributed by atoms with Crippen LogP contribution in [0.2, 0.25) is 0 Å². The molecule has 112 valence electrons. The van der Waals surface area contributed by atoms with E-state index >= 15 is 0 Å². The minimum absolute atomic E-state index is 0.0745. The van der Waals surface area contributed by atoms with Gasteiger partial charge in [-0.25, -0.2) is 0 Å². The lowest BCUT2D eigenvalue weighted by Crippen LogP contribution is -2.49. The Hall–Kier alpha value is -0.820. The second-order valence-electron chi connectivity index (χ2n) is 5.07. The van der Waals surface area contributed by atoms with Crippen molar-refractivity contribution in [3.8, 4) is 5.75 Å². The molecule has 1 fully saturated rings. The topological polar surface area (TPSA) is 63.4 Å². The summed E-state index contributed by atoms with van der Waals surface area (Å²) in [5.74, 6) is 8.87. The van der Waals surface area contributed by atoms with E-state index in [9.17, 15) is 0 Å². The third kappa shape index (κ3) is 3.85. The van der Waals surface area contributed by atoms with Gasteiger partial charge in [0, 0.05) is 30.3 Å². The van der Waals surface area contributed by atoms with Gasteiger partial charge in [-0.2, -0.15) is 11.8 Å². The molecule has 0 amide bonds. The summed E-state index contributed by atoms with van der Waals surface area (Å²) in [6.45, 7) is 3.90. The summed E-state index contributed by atoms with van der Waals surface area (Å²) >= 11 is 1.97. The van der Waals surface area contributed by atoms with Crippen LogP contribution >= 0.6 is 11.8 Å². The van der Waals surface area contributed by atoms with Crippen LogP contribution in [0, 0.1) is 0 Å². The third-order valence-corrected chi connectivity index (χ3v) is 4.62. The molecule has 2 atom stereocenters. The summed E-state index contributed by atoms with van der Waals surface area (Å²) < 4.78 is 5.65. The number of nitrogens with one attached hydrogen (secondary N) is 1. The predicted molar refractivity (Wildman–Crippen MR) is 83.8 cm³/mol. The number of likely N-dealkylation sites (N-methyl/N-ethyl adjacent to an activating group) is 1. The van der Waals surface area contributed by atoms with Gasteiger partial charge in [0.1, 0.15) is 5.75 Å². The van der Waals surface area contributed by atoms with Gasteiger partial charge in [-0.05, 0) is 25.1 Å². The highest BCUT2D eigenvalue weighted by Crippen LogP contribution is 2.27. The zero-order valence-electron chi connectivity index (χ0n) is 12.2. The number of hydrogen-bond acceptors (Lipinski definition) is 6. The molecule has 2 heterocycles. The first-order chi connectivity index (χ1) is 9.76. The largest absolute Gasteiger partial charge is 0.492 e. The van der Waals surface area contributed by atoms with E-state index in [2.05, 4.69) is 29.3 Å². The third-order valence-electron chi connectivity index (χ3n) is 3.57. The van der Waals surface area contributed by atoms with Crippen molar-refractivity contribution >= 4 is 11.8 Å². The fourth-order valence-electron chi connectivity index (χ4n) is 2.39. The number of ether oxygens (including phenoxy) is 1. The molecule has 1 aliphatic heterocycles. The number of nitrogens with two attached hydrogens (primary N) is 1. The molecule has 1 aromatic heterocycles. The van der Waals surface area contributed by atoms with Crippen LogP contribution in [-0.4, -0.2) is 47.6 Å². The van der Waals surface area contributed by atoms with E-state index < -0.39 is 0 Å². The first-order valence-electron chi connectivity index (χ1n) is 7.08. The second kappa shape index (κ2) is 7.83. The Morgan fingerprint density at radius 1 is 1.60 bits per heavy atom. The van der Waals surface area contributed by atoms with Crippen LogP contribution in [0.15, 0.2) is 18.5 Å². The van der Waals surface area contributed by atoms with E-state index in [1.165, 1.54) is 5.75 Å². The fraction of sp³-hybridized carbons (Fsp3) is 0.643. The highest BCUT2D eigenvalue weighted by atomic mass is 32.2. The molecule has 6 heteroatoms. The lowest BCUT2D eigenvalue weighted by molar-refractivity contribution is 0.215. The van der Waals surface area contributed by atoms with E-state index in [0.717, 1.165) is 30.0 Å². The normalized spacial score (nSPS) is 21.6. The van der Waals surface area contributed by atoms with E-state index in [4.69, 9.17) is 10.6 Å². The zero-order chi connectivity index (χ0) is 14.4. The highest BCUT2D eigenvalue weighted by molar-refractivity contribution is 7.99. The molecule has 1 aromatic rings. The van der Waals surface area contributed by atoms with Gasteiger partial charge in [0.25, 0.3) is 0 Å². The Morgan fingerprint density at radius 2 is 2.45 bits per heavy atom. The average Bonchev–Trinajstić information content (AvgIpc) is 2.48. The van der Waals surface area contributed by atoms with Crippen LogP contribution in [0.1, 0.15) is 24.9 Å². The van der Waals surface area contributed by atoms with Crippen molar-refractivity contribution in [3.63, 3.8) is 0 Å². The molecule has 2 unspecified atom stereocenters. The van der Waals surface area contributed by atoms with E-state index in [1.807, 2.05) is 24.0 Å². The predicted octanol–water partition coefficient (Wildman–Crippen LogP) is 1.42. The molecule has 0 radical (unpaired) electrons. The highest BCUT2D eigenvalue weighted by Gasteiger charge is 2.28. The lowest BCUT2D eigenvalue weighted by atomic mass is 10.0. The summed E-state index contributed by atoms with van der Waals surface area (Å²) in [6.07, 6.45) is 4.62. The minimum atomic E-state index is 0.0745. The van der Waals surface area contributed by atoms with Crippen molar-refractivity contribution in [2.24, 2.45) is 5.84 Å². The Bertz CT molecular complexity index is 418. The van der Waals surface area contributed by atoms with Gasteiger partial charge in [0.05, 0.1) is 18.8 Å². The minimum Gasteiger partial charge on any atom is -0.492 e. The van der Waals surface area contributed by atoms with Gasteiger partial charge in [0.2, 0.25) is 0 Å². The van der Waals surface area contributed by atoms with Crippen LogP contribution in [0.5, 0.6) is 5.75 Å². The molecule has 0 aliphatic carbocycles. The molecule has 0 saturated carbocycles. The van der Waals surface area contributed by atoms with Crippen LogP contribution in [-0.2, 0) is 0 Å². The van der Waals surface area contributed by atoms with Gasteiger partial charge in [0.15, 0.2) is 0 Å². The van der Waals surface area contributed by atoms with E-state index in [-0.39, 0.29) is 6.04 Å². The van der Waals surface area contributed by atoms with E-state index in [1.54, 1.807) is 6.20 Å². The smallest absolute Gasteiger partial charge is 0.137 e. The summed E-state index contributed by atoms with van der Waals surface area (Å²) in [7, 11) is 2.15. The van der Waals surface area contributed by atoms with Crippen LogP contribution in [0.25, 0.3) is 0 Å². The summed E-state index contributed by atoms with van der Waals surface area (Å²) in [5, 5.41) is 0. The number of hydrogen-bond donors (Lipinski definition) is 2. The van der Waals surface area contributed by atoms with Crippen LogP contribution in [0.4, 0.5) is 0 Å². The van der Waals surface area contributed by atoms with Gasteiger partial charge >= 0.3 is 0 Å². The molecular weight excluding hydrogens is 272 g/mol. The van der Waals surface area contributed by atoms with Crippen LogP contribution < -0.4 is 16.0 Å². The zero-order valence-corrected chi connectivity index (χ0v) is 13.0. The second-order valence-corrected chi connectivity index (χ2v) is 6.22. The number of rotatable bonds is 6. The van der Waals surface area contributed by atoms with Crippen molar-refractivity contribution in [2.75, 3.05) is 31.7 Å². The molecule has 2 rings (SSSR count). The summed E-state index contributed by atoms with van der Waals surface area (Å²) in [6, 6.07) is 2.49.